The van der Waals surface area contributed by atoms with Crippen molar-refractivity contribution in [3.8, 4) is 0 Å². The van der Waals surface area contributed by atoms with Gasteiger partial charge >= 0.3 is 0 Å². The van der Waals surface area contributed by atoms with Crippen molar-refractivity contribution in [1.82, 2.24) is 0 Å². The molecule has 0 bridgehead atoms. The van der Waals surface area contributed by atoms with Crippen LogP contribution in [0.15, 0.2) is 24.3 Å². The van der Waals surface area contributed by atoms with E-state index in [2.05, 4.69) is 21.2 Å². The summed E-state index contributed by atoms with van der Waals surface area (Å²) in [7, 11) is 0. The number of rotatable bonds is 4. The number of hydrogen-bond donors (Lipinski definition) is 1. The number of hydrogen-bond acceptors (Lipinski definition) is 1. The van der Waals surface area contributed by atoms with E-state index in [-0.39, 0.29) is 5.91 Å². The van der Waals surface area contributed by atoms with Crippen molar-refractivity contribution in [2.45, 2.75) is 24.6 Å². The predicted molar refractivity (Wildman–Crippen MR) is 65.0 cm³/mol. The molecule has 0 radical (unpaired) electrons. The number of carbonyl (C=O) groups excluding carboxylic acids is 1. The van der Waals surface area contributed by atoms with E-state index in [1.165, 1.54) is 12.8 Å². The minimum absolute atomic E-state index is 0.144. The molecule has 1 aromatic carbocycles. The third kappa shape index (κ3) is 3.06. The molecule has 2 nitrogen and oxygen atoms in total. The summed E-state index contributed by atoms with van der Waals surface area (Å²) in [6.45, 7) is 0. The molecule has 0 spiro atoms. The fourth-order valence-electron chi connectivity index (χ4n) is 1.54. The lowest BCUT2D eigenvalue weighted by atomic mass is 10.2. The first-order valence-corrected chi connectivity index (χ1v) is 6.35. The number of para-hydroxylation sites is 1. The number of amides is 1. The minimum atomic E-state index is 0.144. The molecule has 0 unspecified atom stereocenters. The highest BCUT2D eigenvalue weighted by molar-refractivity contribution is 9.08. The molecule has 3 heteroatoms. The molecule has 0 atom stereocenters. The van der Waals surface area contributed by atoms with Crippen LogP contribution in [0.2, 0.25) is 0 Å². The predicted octanol–water partition coefficient (Wildman–Crippen LogP) is 3.32. The first-order valence-electron chi connectivity index (χ1n) is 5.23. The zero-order chi connectivity index (χ0) is 10.7. The van der Waals surface area contributed by atoms with Gasteiger partial charge in [-0.1, -0.05) is 34.1 Å². The van der Waals surface area contributed by atoms with Crippen LogP contribution in [0.1, 0.15) is 24.8 Å². The summed E-state index contributed by atoms with van der Waals surface area (Å²) in [5.41, 5.74) is 2.06. The standard InChI is InChI=1S/C12H14BrNO/c13-8-10-3-1-2-4-11(10)14-12(15)7-9-5-6-9/h1-4,9H,5-8H2,(H,14,15). The smallest absolute Gasteiger partial charge is 0.224 e. The molecule has 0 heterocycles. The monoisotopic (exact) mass is 267 g/mol. The Morgan fingerprint density at radius 2 is 2.13 bits per heavy atom. The Bertz CT molecular complexity index is 360. The summed E-state index contributed by atoms with van der Waals surface area (Å²) in [5.74, 6) is 0.784. The van der Waals surface area contributed by atoms with Crippen LogP contribution >= 0.6 is 15.9 Å². The molecule has 1 amide bonds. The Kier molecular flexibility index (Phi) is 3.41. The van der Waals surface area contributed by atoms with Crippen molar-refractivity contribution < 1.29 is 4.79 Å². The molecular weight excluding hydrogens is 254 g/mol. The van der Waals surface area contributed by atoms with Crippen LogP contribution in [-0.2, 0) is 10.1 Å². The Morgan fingerprint density at radius 1 is 1.40 bits per heavy atom. The lowest BCUT2D eigenvalue weighted by molar-refractivity contribution is -0.116. The maximum absolute atomic E-state index is 11.6. The Balaban J connectivity index is 1.98. The van der Waals surface area contributed by atoms with Crippen LogP contribution in [0.5, 0.6) is 0 Å². The SMILES string of the molecule is O=C(CC1CC1)Nc1ccccc1CBr. The normalized spacial score (nSPS) is 15.0. The van der Waals surface area contributed by atoms with Gasteiger partial charge in [-0.2, -0.15) is 0 Å². The number of alkyl halides is 1. The van der Waals surface area contributed by atoms with Gasteiger partial charge in [0.05, 0.1) is 0 Å². The van der Waals surface area contributed by atoms with Gasteiger partial charge in [0.2, 0.25) is 5.91 Å². The van der Waals surface area contributed by atoms with Crippen molar-refractivity contribution in [2.75, 3.05) is 5.32 Å². The molecule has 1 saturated carbocycles. The number of benzene rings is 1. The van der Waals surface area contributed by atoms with Crippen LogP contribution < -0.4 is 5.32 Å². The summed E-state index contributed by atoms with van der Waals surface area (Å²) in [6, 6.07) is 7.88. The number of anilines is 1. The van der Waals surface area contributed by atoms with Gasteiger partial charge in [0.1, 0.15) is 0 Å². The molecule has 0 aromatic heterocycles. The molecule has 80 valence electrons. The van der Waals surface area contributed by atoms with Crippen LogP contribution in [0.4, 0.5) is 5.69 Å². The highest BCUT2D eigenvalue weighted by atomic mass is 79.9. The third-order valence-electron chi connectivity index (χ3n) is 2.61. The molecule has 0 saturated heterocycles. The minimum Gasteiger partial charge on any atom is -0.326 e. The molecule has 1 aliphatic carbocycles. The Labute approximate surface area is 98.2 Å². The van der Waals surface area contributed by atoms with Crippen LogP contribution in [0.3, 0.4) is 0 Å². The molecule has 1 N–H and O–H groups in total. The maximum atomic E-state index is 11.6. The topological polar surface area (TPSA) is 29.1 Å². The second-order valence-electron chi connectivity index (χ2n) is 3.99. The Hall–Kier alpha value is -0.830. The number of carbonyl (C=O) groups is 1. The van der Waals surface area contributed by atoms with Crippen molar-refractivity contribution in [2.24, 2.45) is 5.92 Å². The molecule has 1 aromatic rings. The first-order chi connectivity index (χ1) is 7.29. The summed E-state index contributed by atoms with van der Waals surface area (Å²) in [5, 5.41) is 3.73. The van der Waals surface area contributed by atoms with E-state index in [1.807, 2.05) is 24.3 Å². The van der Waals surface area contributed by atoms with Crippen LogP contribution in [0.25, 0.3) is 0 Å². The van der Waals surface area contributed by atoms with Crippen LogP contribution in [-0.4, -0.2) is 5.91 Å². The second-order valence-corrected chi connectivity index (χ2v) is 4.55. The fourth-order valence-corrected chi connectivity index (χ4v) is 2.03. The number of halogens is 1. The van der Waals surface area contributed by atoms with Crippen molar-refractivity contribution in [3.63, 3.8) is 0 Å². The van der Waals surface area contributed by atoms with Gasteiger partial charge in [-0.15, -0.1) is 0 Å². The van der Waals surface area contributed by atoms with E-state index in [0.717, 1.165) is 16.6 Å². The van der Waals surface area contributed by atoms with E-state index in [9.17, 15) is 4.79 Å². The van der Waals surface area contributed by atoms with Crippen molar-refractivity contribution in [3.05, 3.63) is 29.8 Å². The highest BCUT2D eigenvalue weighted by Gasteiger charge is 2.24. The second kappa shape index (κ2) is 4.79. The average Bonchev–Trinajstić information content (AvgIpc) is 3.02. The lowest BCUT2D eigenvalue weighted by Gasteiger charge is -2.08. The van der Waals surface area contributed by atoms with E-state index in [1.54, 1.807) is 0 Å². The highest BCUT2D eigenvalue weighted by Crippen LogP contribution is 2.32. The summed E-state index contributed by atoms with van der Waals surface area (Å²) in [4.78, 5) is 11.6. The van der Waals surface area contributed by atoms with Gasteiger partial charge in [-0.25, -0.2) is 0 Å². The first kappa shape index (κ1) is 10.7. The fraction of sp³-hybridized carbons (Fsp3) is 0.417. The van der Waals surface area contributed by atoms with Crippen molar-refractivity contribution >= 4 is 27.5 Å². The summed E-state index contributed by atoms with van der Waals surface area (Å²) >= 11 is 3.41. The van der Waals surface area contributed by atoms with E-state index >= 15 is 0 Å². The van der Waals surface area contributed by atoms with E-state index in [4.69, 9.17) is 0 Å². The van der Waals surface area contributed by atoms with Crippen molar-refractivity contribution in [1.29, 1.82) is 0 Å². The van der Waals surface area contributed by atoms with Gasteiger partial charge < -0.3 is 5.32 Å². The molecule has 2 rings (SSSR count). The summed E-state index contributed by atoms with van der Waals surface area (Å²) in [6.07, 6.45) is 3.11. The summed E-state index contributed by atoms with van der Waals surface area (Å²) < 4.78 is 0. The van der Waals surface area contributed by atoms with E-state index in [0.29, 0.717) is 12.3 Å². The molecule has 1 fully saturated rings. The van der Waals surface area contributed by atoms with Gasteiger partial charge in [0, 0.05) is 17.4 Å². The largest absolute Gasteiger partial charge is 0.326 e. The molecule has 15 heavy (non-hydrogen) atoms. The van der Waals surface area contributed by atoms with E-state index < -0.39 is 0 Å². The number of nitrogens with one attached hydrogen (secondary N) is 1. The third-order valence-corrected chi connectivity index (χ3v) is 3.21. The zero-order valence-electron chi connectivity index (χ0n) is 8.50. The van der Waals surface area contributed by atoms with Gasteiger partial charge in [0.15, 0.2) is 0 Å². The lowest BCUT2D eigenvalue weighted by Crippen LogP contribution is -2.13. The quantitative estimate of drug-likeness (QED) is 0.834. The molecule has 0 aliphatic heterocycles. The Morgan fingerprint density at radius 3 is 2.80 bits per heavy atom. The molecule has 1 aliphatic rings. The maximum Gasteiger partial charge on any atom is 0.224 e. The van der Waals surface area contributed by atoms with Gasteiger partial charge in [-0.05, 0) is 30.4 Å². The zero-order valence-corrected chi connectivity index (χ0v) is 10.1. The molecular formula is C12H14BrNO. The van der Waals surface area contributed by atoms with Crippen LogP contribution in [0, 0.1) is 5.92 Å². The van der Waals surface area contributed by atoms with Gasteiger partial charge in [0.25, 0.3) is 0 Å². The average molecular weight is 268 g/mol. The van der Waals surface area contributed by atoms with Gasteiger partial charge in [-0.3, -0.25) is 4.79 Å².